The van der Waals surface area contributed by atoms with Gasteiger partial charge < -0.3 is 15.3 Å². The smallest absolute Gasteiger partial charge is 0.371 e. The molecule has 2 rings (SSSR count). The Labute approximate surface area is 107 Å². The zero-order chi connectivity index (χ0) is 13.1. The number of hydrogen-bond donors (Lipinski definition) is 2. The molecule has 0 fully saturated rings. The number of rotatable bonds is 4. The molecule has 0 unspecified atom stereocenters. The normalized spacial score (nSPS) is 10.5. The zero-order valence-electron chi connectivity index (χ0n) is 9.22. The van der Waals surface area contributed by atoms with Crippen LogP contribution in [0.1, 0.15) is 16.3 Å². The maximum atomic E-state index is 13.5. The van der Waals surface area contributed by atoms with E-state index in [2.05, 4.69) is 0 Å². The molecule has 18 heavy (non-hydrogen) atoms. The summed E-state index contributed by atoms with van der Waals surface area (Å²) in [5.41, 5.74) is 5.80. The number of hydrogen-bond acceptors (Lipinski definition) is 4. The van der Waals surface area contributed by atoms with Crippen molar-refractivity contribution in [3.8, 4) is 0 Å². The van der Waals surface area contributed by atoms with E-state index in [1.54, 1.807) is 18.2 Å². The Balaban J connectivity index is 2.04. The molecule has 0 saturated heterocycles. The SMILES string of the molecule is Nc1ccc(SCc2ccc(C(=O)O)o2)c(F)c1. The van der Waals surface area contributed by atoms with E-state index in [0.717, 1.165) is 0 Å². The molecule has 0 saturated carbocycles. The molecular formula is C12H10FNO3S. The van der Waals surface area contributed by atoms with Gasteiger partial charge in [0.25, 0.3) is 0 Å². The van der Waals surface area contributed by atoms with Crippen LogP contribution >= 0.6 is 11.8 Å². The fourth-order valence-corrected chi connectivity index (χ4v) is 2.17. The van der Waals surface area contributed by atoms with Crippen LogP contribution in [-0.4, -0.2) is 11.1 Å². The third-order valence-electron chi connectivity index (χ3n) is 2.20. The van der Waals surface area contributed by atoms with Crippen molar-refractivity contribution in [2.24, 2.45) is 0 Å². The standard InChI is InChI=1S/C12H10FNO3S/c13-9-5-7(14)1-4-11(9)18-6-8-2-3-10(17-8)12(15)16/h1-5H,6,14H2,(H,15,16). The lowest BCUT2D eigenvalue weighted by atomic mass is 10.3. The lowest BCUT2D eigenvalue weighted by Gasteiger charge is -2.02. The molecule has 6 heteroatoms. The van der Waals surface area contributed by atoms with E-state index in [1.165, 1.54) is 23.9 Å². The Hall–Kier alpha value is -1.95. The van der Waals surface area contributed by atoms with Crippen molar-refractivity contribution in [3.05, 3.63) is 47.7 Å². The minimum Gasteiger partial charge on any atom is -0.475 e. The molecule has 2 aromatic rings. The number of furan rings is 1. The van der Waals surface area contributed by atoms with E-state index in [9.17, 15) is 9.18 Å². The molecule has 0 aliphatic rings. The van der Waals surface area contributed by atoms with Crippen molar-refractivity contribution >= 4 is 23.4 Å². The van der Waals surface area contributed by atoms with Crippen LogP contribution in [0.3, 0.4) is 0 Å². The molecule has 1 heterocycles. The Morgan fingerprint density at radius 2 is 2.17 bits per heavy atom. The van der Waals surface area contributed by atoms with E-state index >= 15 is 0 Å². The number of carbonyl (C=O) groups is 1. The molecule has 0 amide bonds. The van der Waals surface area contributed by atoms with Gasteiger partial charge in [0, 0.05) is 10.6 Å². The lowest BCUT2D eigenvalue weighted by molar-refractivity contribution is 0.0661. The highest BCUT2D eigenvalue weighted by Crippen LogP contribution is 2.27. The molecule has 0 atom stereocenters. The molecule has 1 aromatic carbocycles. The second-order valence-electron chi connectivity index (χ2n) is 3.55. The largest absolute Gasteiger partial charge is 0.475 e. The van der Waals surface area contributed by atoms with Gasteiger partial charge in [0.15, 0.2) is 0 Å². The number of halogens is 1. The lowest BCUT2D eigenvalue weighted by Crippen LogP contribution is -1.92. The summed E-state index contributed by atoms with van der Waals surface area (Å²) in [7, 11) is 0. The Morgan fingerprint density at radius 3 is 2.78 bits per heavy atom. The number of aromatic carboxylic acids is 1. The van der Waals surface area contributed by atoms with Crippen LogP contribution in [0.25, 0.3) is 0 Å². The van der Waals surface area contributed by atoms with Gasteiger partial charge in [-0.25, -0.2) is 9.18 Å². The molecular weight excluding hydrogens is 257 g/mol. The van der Waals surface area contributed by atoms with Crippen molar-refractivity contribution < 1.29 is 18.7 Å². The maximum absolute atomic E-state index is 13.5. The van der Waals surface area contributed by atoms with Gasteiger partial charge in [0.1, 0.15) is 11.6 Å². The van der Waals surface area contributed by atoms with Crippen LogP contribution < -0.4 is 5.73 Å². The molecule has 4 nitrogen and oxygen atoms in total. The van der Waals surface area contributed by atoms with E-state index < -0.39 is 11.8 Å². The molecule has 3 N–H and O–H groups in total. The van der Waals surface area contributed by atoms with Gasteiger partial charge in [-0.1, -0.05) is 0 Å². The number of thioether (sulfide) groups is 1. The maximum Gasteiger partial charge on any atom is 0.371 e. The minimum atomic E-state index is -1.12. The Morgan fingerprint density at radius 1 is 1.39 bits per heavy atom. The van der Waals surface area contributed by atoms with Crippen LogP contribution in [0.5, 0.6) is 0 Å². The van der Waals surface area contributed by atoms with Gasteiger partial charge in [-0.15, -0.1) is 11.8 Å². The Bertz CT molecular complexity index is 582. The summed E-state index contributed by atoms with van der Waals surface area (Å²) in [5, 5.41) is 8.68. The first-order valence-corrected chi connectivity index (χ1v) is 6.04. The highest BCUT2D eigenvalue weighted by atomic mass is 32.2. The van der Waals surface area contributed by atoms with Crippen molar-refractivity contribution in [2.75, 3.05) is 5.73 Å². The number of carboxylic acid groups (broad SMARTS) is 1. The van der Waals surface area contributed by atoms with E-state index in [4.69, 9.17) is 15.3 Å². The molecule has 1 aromatic heterocycles. The first-order valence-electron chi connectivity index (χ1n) is 5.06. The molecule has 94 valence electrons. The molecule has 0 aliphatic heterocycles. The van der Waals surface area contributed by atoms with Crippen molar-refractivity contribution in [1.82, 2.24) is 0 Å². The minimum absolute atomic E-state index is 0.122. The number of benzene rings is 1. The summed E-state index contributed by atoms with van der Waals surface area (Å²) in [6.07, 6.45) is 0. The van der Waals surface area contributed by atoms with Gasteiger partial charge in [-0.05, 0) is 30.3 Å². The number of nitrogen functional groups attached to an aromatic ring is 1. The highest BCUT2D eigenvalue weighted by molar-refractivity contribution is 7.98. The second-order valence-corrected chi connectivity index (χ2v) is 4.57. The van der Waals surface area contributed by atoms with Crippen LogP contribution in [0.15, 0.2) is 39.6 Å². The zero-order valence-corrected chi connectivity index (χ0v) is 10.0. The number of carboxylic acids is 1. The number of nitrogens with two attached hydrogens (primary N) is 1. The van der Waals surface area contributed by atoms with Gasteiger partial charge in [0.05, 0.1) is 5.75 Å². The quantitative estimate of drug-likeness (QED) is 0.657. The molecule has 0 spiro atoms. The van der Waals surface area contributed by atoms with E-state index in [-0.39, 0.29) is 5.76 Å². The van der Waals surface area contributed by atoms with Gasteiger partial charge in [-0.3, -0.25) is 0 Å². The van der Waals surface area contributed by atoms with Crippen LogP contribution in [0, 0.1) is 5.82 Å². The monoisotopic (exact) mass is 267 g/mol. The summed E-state index contributed by atoms with van der Waals surface area (Å²) in [6, 6.07) is 7.36. The summed E-state index contributed by atoms with van der Waals surface area (Å²) in [6.45, 7) is 0. The first kappa shape index (κ1) is 12.5. The van der Waals surface area contributed by atoms with Gasteiger partial charge in [-0.2, -0.15) is 0 Å². The van der Waals surface area contributed by atoms with Gasteiger partial charge >= 0.3 is 5.97 Å². The second kappa shape index (κ2) is 5.14. The van der Waals surface area contributed by atoms with Crippen molar-refractivity contribution in [3.63, 3.8) is 0 Å². The van der Waals surface area contributed by atoms with Crippen molar-refractivity contribution in [2.45, 2.75) is 10.6 Å². The molecule has 0 bridgehead atoms. The predicted molar refractivity (Wildman–Crippen MR) is 66.0 cm³/mol. The predicted octanol–water partition coefficient (Wildman–Crippen LogP) is 2.99. The van der Waals surface area contributed by atoms with E-state index in [0.29, 0.717) is 22.1 Å². The summed E-state index contributed by atoms with van der Waals surface area (Å²) >= 11 is 1.22. The number of anilines is 1. The van der Waals surface area contributed by atoms with Crippen LogP contribution in [0.2, 0.25) is 0 Å². The Kier molecular flexibility index (Phi) is 3.57. The van der Waals surface area contributed by atoms with Crippen LogP contribution in [0.4, 0.5) is 10.1 Å². The average molecular weight is 267 g/mol. The topological polar surface area (TPSA) is 76.5 Å². The summed E-state index contributed by atoms with van der Waals surface area (Å²) in [5.74, 6) is -0.805. The fraction of sp³-hybridized carbons (Fsp3) is 0.0833. The fourth-order valence-electron chi connectivity index (χ4n) is 1.35. The summed E-state index contributed by atoms with van der Waals surface area (Å²) in [4.78, 5) is 11.0. The average Bonchev–Trinajstić information content (AvgIpc) is 2.76. The molecule has 0 radical (unpaired) electrons. The summed E-state index contributed by atoms with van der Waals surface area (Å²) < 4.78 is 18.5. The van der Waals surface area contributed by atoms with Crippen LogP contribution in [-0.2, 0) is 5.75 Å². The first-order chi connectivity index (χ1) is 8.56. The third kappa shape index (κ3) is 2.84. The van der Waals surface area contributed by atoms with Crippen molar-refractivity contribution in [1.29, 1.82) is 0 Å². The van der Waals surface area contributed by atoms with Gasteiger partial charge in [0.2, 0.25) is 5.76 Å². The third-order valence-corrected chi connectivity index (χ3v) is 3.27. The molecule has 0 aliphatic carbocycles. The van der Waals surface area contributed by atoms with E-state index in [1.807, 2.05) is 0 Å². The highest BCUT2D eigenvalue weighted by Gasteiger charge is 2.10.